The summed E-state index contributed by atoms with van der Waals surface area (Å²) >= 11 is 0. The number of aromatic nitrogens is 2. The molecule has 1 aromatic carbocycles. The van der Waals surface area contributed by atoms with E-state index in [-0.39, 0.29) is 23.4 Å². The number of carbonyl (C=O) groups is 1. The summed E-state index contributed by atoms with van der Waals surface area (Å²) in [4.78, 5) is 20.2. The molecule has 2 fully saturated rings. The first-order valence-corrected chi connectivity index (χ1v) is 13.7. The number of sulfone groups is 1. The first kappa shape index (κ1) is 23.5. The lowest BCUT2D eigenvalue weighted by Crippen LogP contribution is -2.41. The number of likely N-dealkylation sites (N-methyl/N-ethyl adjacent to an activating group) is 1. The van der Waals surface area contributed by atoms with Crippen molar-refractivity contribution < 1.29 is 17.9 Å². The van der Waals surface area contributed by atoms with Gasteiger partial charge in [0.25, 0.3) is 5.91 Å². The van der Waals surface area contributed by atoms with Crippen molar-refractivity contribution in [1.82, 2.24) is 24.5 Å². The fraction of sp³-hybridized carbons (Fsp3) is 0.583. The molecule has 5 rings (SSSR count). The molecule has 0 aliphatic carbocycles. The highest BCUT2D eigenvalue weighted by atomic mass is 32.2. The Morgan fingerprint density at radius 1 is 1.18 bits per heavy atom. The van der Waals surface area contributed by atoms with Gasteiger partial charge in [-0.25, -0.2) is 8.42 Å². The maximum Gasteiger partial charge on any atom is 0.274 e. The molecule has 0 saturated carbocycles. The Morgan fingerprint density at radius 2 is 1.94 bits per heavy atom. The minimum Gasteiger partial charge on any atom is -0.378 e. The van der Waals surface area contributed by atoms with Crippen molar-refractivity contribution in [3.63, 3.8) is 0 Å². The number of hydrogen-bond acceptors (Lipinski definition) is 7. The van der Waals surface area contributed by atoms with Crippen LogP contribution in [0.1, 0.15) is 34.9 Å². The van der Waals surface area contributed by atoms with Gasteiger partial charge in [0.1, 0.15) is 0 Å². The molecule has 9 nitrogen and oxygen atoms in total. The van der Waals surface area contributed by atoms with Gasteiger partial charge in [-0.05, 0) is 39.5 Å². The largest absolute Gasteiger partial charge is 0.378 e. The van der Waals surface area contributed by atoms with Crippen LogP contribution in [0.3, 0.4) is 0 Å². The van der Waals surface area contributed by atoms with Crippen molar-refractivity contribution in [1.29, 1.82) is 0 Å². The third kappa shape index (κ3) is 4.39. The number of carbonyl (C=O) groups excluding carboxylic acids is 1. The molecule has 3 aliphatic heterocycles. The molecule has 10 heteroatoms. The van der Waals surface area contributed by atoms with Crippen LogP contribution in [-0.2, 0) is 20.3 Å². The van der Waals surface area contributed by atoms with Crippen LogP contribution >= 0.6 is 0 Å². The van der Waals surface area contributed by atoms with Gasteiger partial charge in [0.05, 0.1) is 35.6 Å². The fourth-order valence-electron chi connectivity index (χ4n) is 5.22. The predicted molar refractivity (Wildman–Crippen MR) is 129 cm³/mol. The summed E-state index contributed by atoms with van der Waals surface area (Å²) < 4.78 is 33.7. The van der Waals surface area contributed by atoms with Gasteiger partial charge in [-0.15, -0.1) is 0 Å². The summed E-state index contributed by atoms with van der Waals surface area (Å²) in [5.74, 6) is -0.393. The number of piperidine rings is 1. The van der Waals surface area contributed by atoms with E-state index in [1.165, 1.54) is 0 Å². The number of fused-ring (bicyclic) bond motifs is 3. The first-order valence-electron chi connectivity index (χ1n) is 12.0. The molecule has 2 saturated heterocycles. The molecular weight excluding hydrogens is 454 g/mol. The van der Waals surface area contributed by atoms with Crippen LogP contribution in [0, 0.1) is 0 Å². The molecule has 34 heavy (non-hydrogen) atoms. The van der Waals surface area contributed by atoms with Gasteiger partial charge >= 0.3 is 0 Å². The predicted octanol–water partition coefficient (Wildman–Crippen LogP) is 1.51. The number of hydrogen-bond donors (Lipinski definition) is 0. The summed E-state index contributed by atoms with van der Waals surface area (Å²) in [6, 6.07) is 7.21. The van der Waals surface area contributed by atoms with Crippen molar-refractivity contribution in [2.24, 2.45) is 0 Å². The lowest BCUT2D eigenvalue weighted by atomic mass is 10.0. The average molecular weight is 488 g/mol. The summed E-state index contributed by atoms with van der Waals surface area (Å²) in [5, 5.41) is 4.87. The third-order valence-corrected chi connectivity index (χ3v) is 8.71. The van der Waals surface area contributed by atoms with Gasteiger partial charge < -0.3 is 14.5 Å². The molecule has 0 N–H and O–H groups in total. The molecule has 1 aromatic heterocycles. The van der Waals surface area contributed by atoms with Crippen molar-refractivity contribution >= 4 is 15.7 Å². The SMILES string of the molecule is CN(C)CCN1CCCC(n2nc(C(=O)N3CCOCC3)c3c2-c2ccccc2S(=O)(=O)C3)C1. The van der Waals surface area contributed by atoms with Gasteiger partial charge in [0, 0.05) is 43.9 Å². The molecule has 1 unspecified atom stereocenters. The fourth-order valence-corrected chi connectivity index (χ4v) is 6.81. The van der Waals surface area contributed by atoms with Crippen LogP contribution < -0.4 is 0 Å². The normalized spacial score (nSPS) is 22.4. The highest BCUT2D eigenvalue weighted by Gasteiger charge is 2.38. The van der Waals surface area contributed by atoms with Gasteiger partial charge in [-0.3, -0.25) is 14.4 Å². The van der Waals surface area contributed by atoms with E-state index >= 15 is 0 Å². The van der Waals surface area contributed by atoms with E-state index in [9.17, 15) is 13.2 Å². The zero-order valence-corrected chi connectivity index (χ0v) is 20.8. The number of nitrogens with zero attached hydrogens (tertiary/aromatic N) is 5. The summed E-state index contributed by atoms with van der Waals surface area (Å²) in [7, 11) is 0.598. The van der Waals surface area contributed by atoms with E-state index in [4.69, 9.17) is 9.84 Å². The summed E-state index contributed by atoms with van der Waals surface area (Å²) in [5.41, 5.74) is 2.27. The molecule has 1 amide bonds. The number of benzene rings is 1. The van der Waals surface area contributed by atoms with E-state index in [2.05, 4.69) is 23.9 Å². The zero-order chi connectivity index (χ0) is 23.9. The Bertz CT molecular complexity index is 1170. The smallest absolute Gasteiger partial charge is 0.274 e. The average Bonchev–Trinajstić information content (AvgIpc) is 3.22. The second kappa shape index (κ2) is 9.41. The number of ether oxygens (including phenoxy) is 1. The molecule has 0 radical (unpaired) electrons. The third-order valence-electron chi connectivity index (χ3n) is 7.01. The highest BCUT2D eigenvalue weighted by Crippen LogP contribution is 2.41. The maximum absolute atomic E-state index is 13.5. The molecule has 2 aromatic rings. The molecule has 4 heterocycles. The van der Waals surface area contributed by atoms with E-state index in [1.54, 1.807) is 17.0 Å². The molecule has 0 spiro atoms. The second-order valence-electron chi connectivity index (χ2n) is 9.68. The minimum absolute atomic E-state index is 0.0877. The summed E-state index contributed by atoms with van der Waals surface area (Å²) in [6.07, 6.45) is 1.99. The van der Waals surface area contributed by atoms with Crippen LogP contribution in [0.25, 0.3) is 11.3 Å². The van der Waals surface area contributed by atoms with Crippen LogP contribution in [0.15, 0.2) is 29.2 Å². The highest BCUT2D eigenvalue weighted by molar-refractivity contribution is 7.90. The van der Waals surface area contributed by atoms with Crippen LogP contribution in [0.4, 0.5) is 0 Å². The Balaban J connectivity index is 1.58. The van der Waals surface area contributed by atoms with Crippen LogP contribution in [0.5, 0.6) is 0 Å². The molecule has 0 bridgehead atoms. The second-order valence-corrected chi connectivity index (χ2v) is 11.6. The van der Waals surface area contributed by atoms with Crippen LogP contribution in [0.2, 0.25) is 0 Å². The minimum atomic E-state index is -3.55. The van der Waals surface area contributed by atoms with Gasteiger partial charge in [-0.2, -0.15) is 5.10 Å². The van der Waals surface area contributed by atoms with Gasteiger partial charge in [0.15, 0.2) is 15.5 Å². The number of likely N-dealkylation sites (tertiary alicyclic amines) is 1. The van der Waals surface area contributed by atoms with E-state index in [1.807, 2.05) is 16.8 Å². The van der Waals surface area contributed by atoms with Crippen molar-refractivity contribution in [3.8, 4) is 11.3 Å². The maximum atomic E-state index is 13.5. The van der Waals surface area contributed by atoms with Crippen molar-refractivity contribution in [2.75, 3.05) is 66.6 Å². The number of morpholine rings is 1. The lowest BCUT2D eigenvalue weighted by molar-refractivity contribution is 0.0297. The quantitative estimate of drug-likeness (QED) is 0.632. The molecule has 3 aliphatic rings. The van der Waals surface area contributed by atoms with E-state index in [0.717, 1.165) is 44.7 Å². The lowest BCUT2D eigenvalue weighted by Gasteiger charge is -2.34. The number of rotatable bonds is 5. The van der Waals surface area contributed by atoms with Crippen molar-refractivity contribution in [3.05, 3.63) is 35.5 Å². The molecular formula is C24H33N5O4S. The standard InChI is InChI=1S/C24H33N5O4S/c1-26(2)10-11-27-9-5-6-18(16-27)29-23-19-7-3-4-8-21(19)34(31,32)17-20(23)22(25-29)24(30)28-12-14-33-15-13-28/h3-4,7-8,18H,5-6,9-17H2,1-2H3. The van der Waals surface area contributed by atoms with Crippen LogP contribution in [-0.4, -0.2) is 105 Å². The first-order chi connectivity index (χ1) is 16.3. The molecule has 184 valence electrons. The number of amides is 1. The van der Waals surface area contributed by atoms with Gasteiger partial charge in [-0.1, -0.05) is 18.2 Å². The Kier molecular flexibility index (Phi) is 6.49. The Hall–Kier alpha value is -2.27. The van der Waals surface area contributed by atoms with E-state index < -0.39 is 9.84 Å². The van der Waals surface area contributed by atoms with E-state index in [0.29, 0.717) is 42.3 Å². The monoisotopic (exact) mass is 487 g/mol. The topological polar surface area (TPSA) is 88.0 Å². The Morgan fingerprint density at radius 3 is 2.71 bits per heavy atom. The molecule has 1 atom stereocenters. The Labute approximate surface area is 201 Å². The van der Waals surface area contributed by atoms with Gasteiger partial charge in [0.2, 0.25) is 0 Å². The summed E-state index contributed by atoms with van der Waals surface area (Å²) in [6.45, 7) is 5.78. The van der Waals surface area contributed by atoms with Crippen molar-refractivity contribution in [2.45, 2.75) is 29.5 Å². The zero-order valence-electron chi connectivity index (χ0n) is 19.9.